The monoisotopic (exact) mass is 351 g/mol. The predicted molar refractivity (Wildman–Crippen MR) is 92.7 cm³/mol. The fourth-order valence-corrected chi connectivity index (χ4v) is 1.85. The van der Waals surface area contributed by atoms with E-state index in [1.807, 2.05) is 40.7 Å². The van der Waals surface area contributed by atoms with Gasteiger partial charge in [-0.15, -0.1) is 11.6 Å². The first-order valence-corrected chi connectivity index (χ1v) is 8.47. The van der Waals surface area contributed by atoms with Gasteiger partial charge in [0, 0.05) is 19.5 Å². The highest BCUT2D eigenvalue weighted by Gasteiger charge is 2.31. The van der Waals surface area contributed by atoms with Gasteiger partial charge in [0.25, 0.3) is 0 Å². The molecule has 0 aliphatic heterocycles. The van der Waals surface area contributed by atoms with Gasteiger partial charge in [0.15, 0.2) is 0 Å². The first-order valence-electron chi connectivity index (χ1n) is 7.94. The minimum absolute atomic E-state index is 0.237. The number of hydrogen-bond acceptors (Lipinski definition) is 3. The number of hydrogen-bond donors (Lipinski definition) is 0. The maximum atomic E-state index is 12.4. The third-order valence-electron chi connectivity index (χ3n) is 3.31. The van der Waals surface area contributed by atoms with E-state index in [1.54, 1.807) is 7.05 Å². The molecular weight excluding hydrogens is 321 g/mol. The number of alkyl halides is 2. The van der Waals surface area contributed by atoms with Gasteiger partial charge in [-0.2, -0.15) is 0 Å². The lowest BCUT2D eigenvalue weighted by atomic mass is 10.2. The van der Waals surface area contributed by atoms with Crippen LogP contribution in [-0.2, 0) is 9.47 Å². The largest absolute Gasteiger partial charge is 0.444 e. The van der Waals surface area contributed by atoms with Crippen LogP contribution in [0, 0.1) is 0 Å². The Labute approximate surface area is 145 Å². The van der Waals surface area contributed by atoms with Crippen molar-refractivity contribution in [3.8, 4) is 0 Å². The number of carbonyl (C=O) groups is 1. The predicted octanol–water partition coefficient (Wildman–Crippen LogP) is 4.91. The minimum atomic E-state index is -0.752. The molecule has 0 N–H and O–H groups in total. The molecule has 0 unspecified atom stereocenters. The summed E-state index contributed by atoms with van der Waals surface area (Å²) in [5, 5.41) is 0. The minimum Gasteiger partial charge on any atom is -0.444 e. The van der Waals surface area contributed by atoms with E-state index in [1.165, 1.54) is 4.90 Å². The van der Waals surface area contributed by atoms with E-state index in [0.29, 0.717) is 12.2 Å². The summed E-state index contributed by atoms with van der Waals surface area (Å²) in [5.74, 6) is 0.237. The molecule has 0 radical (unpaired) electrons. The molecule has 4 nitrogen and oxygen atoms in total. The van der Waals surface area contributed by atoms with Crippen molar-refractivity contribution in [2.45, 2.75) is 65.2 Å². The average Bonchev–Trinajstić information content (AvgIpc) is 2.44. The molecule has 0 saturated heterocycles. The summed E-state index contributed by atoms with van der Waals surface area (Å²) >= 11 is 5.60. The zero-order chi connectivity index (χ0) is 18.1. The molecule has 0 aliphatic rings. The van der Waals surface area contributed by atoms with E-state index >= 15 is 0 Å². The maximum absolute atomic E-state index is 12.4. The Bertz CT molecular complexity index is 386. The molecule has 0 aliphatic carbocycles. The molecule has 0 fully saturated rings. The Morgan fingerprint density at radius 2 is 1.83 bits per heavy atom. The van der Waals surface area contributed by atoms with Crippen molar-refractivity contribution in [1.82, 2.24) is 4.90 Å². The smallest absolute Gasteiger partial charge is 0.412 e. The molecule has 6 heteroatoms. The number of nitrogens with zero attached hydrogens (tertiary/aromatic N) is 1. The van der Waals surface area contributed by atoms with Crippen LogP contribution >= 0.6 is 11.6 Å². The van der Waals surface area contributed by atoms with Gasteiger partial charge >= 0.3 is 6.09 Å². The summed E-state index contributed by atoms with van der Waals surface area (Å²) < 4.78 is 23.6. The normalized spacial score (nSPS) is 13.1. The Balaban J connectivity index is 4.17. The molecule has 0 heterocycles. The van der Waals surface area contributed by atoms with Crippen LogP contribution < -0.4 is 0 Å². The Morgan fingerprint density at radius 3 is 2.30 bits per heavy atom. The Morgan fingerprint density at radius 1 is 1.22 bits per heavy atom. The number of halogens is 2. The van der Waals surface area contributed by atoms with Crippen molar-refractivity contribution in [3.63, 3.8) is 0 Å². The van der Waals surface area contributed by atoms with Crippen LogP contribution in [0.4, 0.5) is 9.18 Å². The average molecular weight is 352 g/mol. The lowest BCUT2D eigenvalue weighted by Crippen LogP contribution is -2.49. The van der Waals surface area contributed by atoms with Gasteiger partial charge in [-0.1, -0.05) is 6.08 Å². The van der Waals surface area contributed by atoms with Crippen LogP contribution in [0.2, 0.25) is 0 Å². The number of ether oxygens (including phenoxy) is 2. The summed E-state index contributed by atoms with van der Waals surface area (Å²) in [4.78, 5) is 13.5. The van der Waals surface area contributed by atoms with Gasteiger partial charge in [0.05, 0.1) is 0 Å². The first kappa shape index (κ1) is 22.2. The van der Waals surface area contributed by atoms with Gasteiger partial charge in [-0.05, 0) is 59.5 Å². The van der Waals surface area contributed by atoms with Crippen LogP contribution in [0.15, 0.2) is 11.6 Å². The lowest BCUT2D eigenvalue weighted by Gasteiger charge is -2.36. The standard InChI is InChI=1S/C17H31ClFNO3/c1-16(2,3)23-15(21)20(6)17(4,5)22-11-9-7-8-10-14(12-18)13-19/h10H,7-9,11-13H2,1-6H3/b14-10-. The summed E-state index contributed by atoms with van der Waals surface area (Å²) in [6, 6.07) is 0. The highest BCUT2D eigenvalue weighted by molar-refractivity contribution is 6.19. The van der Waals surface area contributed by atoms with Crippen molar-refractivity contribution in [1.29, 1.82) is 0 Å². The quantitative estimate of drug-likeness (QED) is 0.256. The molecule has 0 atom stereocenters. The van der Waals surface area contributed by atoms with Crippen molar-refractivity contribution < 1.29 is 18.7 Å². The number of amides is 1. The fourth-order valence-electron chi connectivity index (χ4n) is 1.67. The molecule has 1 amide bonds. The molecular formula is C17H31ClFNO3. The molecule has 0 aromatic heterocycles. The fraction of sp³-hybridized carbons (Fsp3) is 0.824. The van der Waals surface area contributed by atoms with E-state index in [4.69, 9.17) is 21.1 Å². The highest BCUT2D eigenvalue weighted by atomic mass is 35.5. The molecule has 0 aromatic carbocycles. The molecule has 0 rings (SSSR count). The number of allylic oxidation sites excluding steroid dienone is 2. The van der Waals surface area contributed by atoms with E-state index in [9.17, 15) is 9.18 Å². The van der Waals surface area contributed by atoms with E-state index in [-0.39, 0.29) is 5.88 Å². The molecule has 0 spiro atoms. The maximum Gasteiger partial charge on any atom is 0.412 e. The summed E-state index contributed by atoms with van der Waals surface area (Å²) in [5.41, 5.74) is -0.666. The zero-order valence-corrected chi connectivity index (χ0v) is 16.0. The number of unbranched alkanes of at least 4 members (excludes halogenated alkanes) is 2. The molecule has 136 valence electrons. The zero-order valence-electron chi connectivity index (χ0n) is 15.2. The van der Waals surface area contributed by atoms with Crippen molar-refractivity contribution in [2.24, 2.45) is 0 Å². The molecule has 0 aromatic rings. The number of carbonyl (C=O) groups excluding carboxylic acids is 1. The van der Waals surface area contributed by atoms with Crippen LogP contribution in [-0.4, -0.2) is 48.5 Å². The third kappa shape index (κ3) is 9.82. The van der Waals surface area contributed by atoms with Crippen LogP contribution in [0.3, 0.4) is 0 Å². The third-order valence-corrected chi connectivity index (χ3v) is 3.65. The highest BCUT2D eigenvalue weighted by Crippen LogP contribution is 2.19. The van der Waals surface area contributed by atoms with Crippen molar-refractivity contribution in [2.75, 3.05) is 26.2 Å². The van der Waals surface area contributed by atoms with Crippen LogP contribution in [0.1, 0.15) is 53.9 Å². The first-order chi connectivity index (χ1) is 10.5. The molecule has 23 heavy (non-hydrogen) atoms. The van der Waals surface area contributed by atoms with E-state index in [2.05, 4.69) is 0 Å². The van der Waals surface area contributed by atoms with Crippen molar-refractivity contribution in [3.05, 3.63) is 11.6 Å². The summed E-state index contributed by atoms with van der Waals surface area (Å²) in [7, 11) is 1.66. The van der Waals surface area contributed by atoms with Gasteiger partial charge in [-0.3, -0.25) is 4.90 Å². The van der Waals surface area contributed by atoms with Crippen molar-refractivity contribution >= 4 is 17.7 Å². The second kappa shape index (κ2) is 10.1. The summed E-state index contributed by atoms with van der Waals surface area (Å²) in [6.07, 6.45) is 3.90. The Kier molecular flexibility index (Phi) is 9.78. The summed E-state index contributed by atoms with van der Waals surface area (Å²) in [6.45, 7) is 9.15. The van der Waals surface area contributed by atoms with Gasteiger partial charge in [0.1, 0.15) is 18.0 Å². The SMILES string of the molecule is CN(C(=O)OC(C)(C)C)C(C)(C)OCCCC/C=C(\CF)CCl. The molecule has 0 bridgehead atoms. The Hall–Kier alpha value is -0.810. The van der Waals surface area contributed by atoms with Crippen LogP contribution in [0.25, 0.3) is 0 Å². The van der Waals surface area contributed by atoms with E-state index in [0.717, 1.165) is 19.3 Å². The molecule has 0 saturated carbocycles. The second-order valence-electron chi connectivity index (χ2n) is 6.96. The second-order valence-corrected chi connectivity index (χ2v) is 7.23. The lowest BCUT2D eigenvalue weighted by molar-refractivity contribution is -0.118. The topological polar surface area (TPSA) is 38.8 Å². The van der Waals surface area contributed by atoms with Crippen LogP contribution in [0.5, 0.6) is 0 Å². The van der Waals surface area contributed by atoms with Gasteiger partial charge in [0.2, 0.25) is 0 Å². The van der Waals surface area contributed by atoms with E-state index < -0.39 is 24.1 Å². The van der Waals surface area contributed by atoms with Gasteiger partial charge < -0.3 is 9.47 Å². The number of rotatable bonds is 9. The van der Waals surface area contributed by atoms with Gasteiger partial charge in [-0.25, -0.2) is 9.18 Å².